The number of halogens is 2. The molecule has 0 atom stereocenters. The summed E-state index contributed by atoms with van der Waals surface area (Å²) in [6.45, 7) is 3.64. The number of anilines is 1. The van der Waals surface area contributed by atoms with Crippen molar-refractivity contribution in [3.05, 3.63) is 102 Å². The lowest BCUT2D eigenvalue weighted by Gasteiger charge is -2.40. The number of aromatic nitrogens is 1. The molecule has 12 heteroatoms. The quantitative estimate of drug-likeness (QED) is 0.0955. The number of thioether (sulfide) groups is 1. The summed E-state index contributed by atoms with van der Waals surface area (Å²) >= 11 is 1.78. The number of likely N-dealkylation sites (tertiary alicyclic amines) is 1. The van der Waals surface area contributed by atoms with Gasteiger partial charge in [0.2, 0.25) is 11.5 Å². The van der Waals surface area contributed by atoms with E-state index in [9.17, 15) is 0 Å². The van der Waals surface area contributed by atoms with Crippen molar-refractivity contribution in [2.45, 2.75) is 36.9 Å². The van der Waals surface area contributed by atoms with Gasteiger partial charge >= 0.3 is 0 Å². The molecule has 0 spiro atoms. The van der Waals surface area contributed by atoms with Crippen LogP contribution in [-0.4, -0.2) is 77.9 Å². The third kappa shape index (κ3) is 10.0. The molecule has 0 amide bonds. The Labute approximate surface area is 342 Å². The molecule has 4 aromatic carbocycles. The van der Waals surface area contributed by atoms with E-state index in [2.05, 4.69) is 81.7 Å². The molecule has 294 valence electrons. The van der Waals surface area contributed by atoms with Crippen LogP contribution in [0.1, 0.15) is 24.0 Å². The summed E-state index contributed by atoms with van der Waals surface area (Å²) < 4.78 is 33.6. The highest BCUT2D eigenvalue weighted by Gasteiger charge is 2.26. The fourth-order valence-corrected chi connectivity index (χ4v) is 7.57. The summed E-state index contributed by atoms with van der Waals surface area (Å²) in [4.78, 5) is 11.1. The van der Waals surface area contributed by atoms with E-state index in [0.29, 0.717) is 40.5 Å². The standard InChI is InChI=1S/C43H49N3O6S.2ClH/c1-47-38-22-32(23-39(48-2)42(38)51-5)31-11-8-10-29(20-31)28-46(35-12-9-13-36(26-35)53-7)34-15-18-45(19-16-34)27-30-14-17-44-37(21-30)33-24-40(49-3)43(52-6)41(25-33)50-4;;/h8-14,17,20-26,34H,15-16,18-19,27-28H2,1-7H3;2*1H. The predicted molar refractivity (Wildman–Crippen MR) is 228 cm³/mol. The number of hydrogen-bond acceptors (Lipinski definition) is 10. The summed E-state index contributed by atoms with van der Waals surface area (Å²) in [5.74, 6) is 3.65. The first-order valence-electron chi connectivity index (χ1n) is 17.7. The van der Waals surface area contributed by atoms with Crippen LogP contribution in [0.4, 0.5) is 5.69 Å². The van der Waals surface area contributed by atoms with Gasteiger partial charge in [-0.15, -0.1) is 36.6 Å². The lowest BCUT2D eigenvalue weighted by molar-refractivity contribution is 0.201. The van der Waals surface area contributed by atoms with E-state index >= 15 is 0 Å². The van der Waals surface area contributed by atoms with Crippen LogP contribution in [0.3, 0.4) is 0 Å². The molecule has 5 aromatic rings. The molecule has 0 radical (unpaired) electrons. The van der Waals surface area contributed by atoms with Crippen LogP contribution in [0.2, 0.25) is 0 Å². The molecular weight excluding hydrogens is 757 g/mol. The number of nitrogens with zero attached hydrogens (tertiary/aromatic N) is 3. The predicted octanol–water partition coefficient (Wildman–Crippen LogP) is 9.70. The van der Waals surface area contributed by atoms with Crippen LogP contribution in [0.25, 0.3) is 22.4 Å². The Morgan fingerprint density at radius 3 is 1.78 bits per heavy atom. The maximum atomic E-state index is 5.66. The maximum Gasteiger partial charge on any atom is 0.203 e. The molecule has 0 bridgehead atoms. The van der Waals surface area contributed by atoms with E-state index in [1.54, 1.807) is 54.4 Å². The highest BCUT2D eigenvalue weighted by molar-refractivity contribution is 7.98. The fraction of sp³-hybridized carbons (Fsp3) is 0.326. The van der Waals surface area contributed by atoms with Gasteiger partial charge in [0, 0.05) is 54.6 Å². The van der Waals surface area contributed by atoms with Crippen LogP contribution in [-0.2, 0) is 13.1 Å². The molecule has 2 heterocycles. The Balaban J connectivity index is 0.00000336. The Kier molecular flexibility index (Phi) is 16.1. The number of hydrogen-bond donors (Lipinski definition) is 0. The van der Waals surface area contributed by atoms with Crippen molar-refractivity contribution in [3.8, 4) is 56.9 Å². The molecule has 1 aromatic heterocycles. The Hall–Kier alpha value is -4.48. The lowest BCUT2D eigenvalue weighted by atomic mass is 9.98. The second-order valence-corrected chi connectivity index (χ2v) is 13.8. The molecular formula is C43H51Cl2N3O6S. The number of methoxy groups -OCH3 is 6. The number of piperidine rings is 1. The van der Waals surface area contributed by atoms with Gasteiger partial charge in [0.05, 0.1) is 48.4 Å². The number of pyridine rings is 1. The first-order chi connectivity index (χ1) is 25.9. The van der Waals surface area contributed by atoms with Gasteiger partial charge in [-0.1, -0.05) is 24.3 Å². The van der Waals surface area contributed by atoms with Crippen molar-refractivity contribution in [1.29, 1.82) is 0 Å². The maximum absolute atomic E-state index is 5.66. The van der Waals surface area contributed by atoms with Crippen LogP contribution >= 0.6 is 36.6 Å². The Morgan fingerprint density at radius 1 is 0.636 bits per heavy atom. The van der Waals surface area contributed by atoms with Crippen LogP contribution in [0.15, 0.2) is 96.0 Å². The van der Waals surface area contributed by atoms with Gasteiger partial charge in [-0.05, 0) is 102 Å². The van der Waals surface area contributed by atoms with E-state index in [4.69, 9.17) is 28.4 Å². The summed E-state index contributed by atoms with van der Waals surface area (Å²) in [5.41, 5.74) is 7.59. The summed E-state index contributed by atoms with van der Waals surface area (Å²) in [5, 5.41) is 0. The van der Waals surface area contributed by atoms with E-state index in [-0.39, 0.29) is 24.8 Å². The average molecular weight is 809 g/mol. The molecule has 1 fully saturated rings. The van der Waals surface area contributed by atoms with Gasteiger partial charge in [0.25, 0.3) is 0 Å². The van der Waals surface area contributed by atoms with Crippen molar-refractivity contribution in [1.82, 2.24) is 9.88 Å². The average Bonchev–Trinajstić information content (AvgIpc) is 3.22. The normalized spacial score (nSPS) is 12.9. The van der Waals surface area contributed by atoms with Gasteiger partial charge in [-0.25, -0.2) is 0 Å². The number of ether oxygens (including phenoxy) is 6. The SMILES string of the molecule is COc1cc(-c2cccc(CN(c3cccc(SC)c3)C3CCN(Cc4ccnc(-c5cc(OC)c(OC)c(OC)c5)c4)CC3)c2)cc(OC)c1OC.Cl.Cl. The minimum Gasteiger partial charge on any atom is -0.493 e. The molecule has 0 saturated carbocycles. The first-order valence-corrected chi connectivity index (χ1v) is 18.9. The van der Waals surface area contributed by atoms with E-state index in [0.717, 1.165) is 61.4 Å². The zero-order valence-electron chi connectivity index (χ0n) is 32.5. The second-order valence-electron chi connectivity index (χ2n) is 12.9. The zero-order chi connectivity index (χ0) is 37.3. The topological polar surface area (TPSA) is 74.8 Å². The molecule has 1 aliphatic heterocycles. The smallest absolute Gasteiger partial charge is 0.203 e. The molecule has 1 aliphatic rings. The van der Waals surface area contributed by atoms with Gasteiger partial charge in [-0.3, -0.25) is 9.88 Å². The highest BCUT2D eigenvalue weighted by atomic mass is 35.5. The van der Waals surface area contributed by atoms with E-state index < -0.39 is 0 Å². The lowest BCUT2D eigenvalue weighted by Crippen LogP contribution is -2.44. The first kappa shape index (κ1) is 43.3. The Morgan fingerprint density at radius 2 is 1.22 bits per heavy atom. The number of rotatable bonds is 15. The fourth-order valence-electron chi connectivity index (χ4n) is 7.12. The third-order valence-corrected chi connectivity index (χ3v) is 10.6. The summed E-state index contributed by atoms with van der Waals surface area (Å²) in [6, 6.07) is 30.2. The molecule has 0 aliphatic carbocycles. The molecule has 0 unspecified atom stereocenters. The van der Waals surface area contributed by atoms with Gasteiger partial charge in [0.15, 0.2) is 23.0 Å². The van der Waals surface area contributed by atoms with Crippen LogP contribution in [0.5, 0.6) is 34.5 Å². The van der Waals surface area contributed by atoms with E-state index in [1.807, 2.05) is 30.5 Å². The van der Waals surface area contributed by atoms with Crippen molar-refractivity contribution in [2.24, 2.45) is 0 Å². The largest absolute Gasteiger partial charge is 0.493 e. The zero-order valence-corrected chi connectivity index (χ0v) is 34.9. The van der Waals surface area contributed by atoms with Gasteiger partial charge in [-0.2, -0.15) is 0 Å². The summed E-state index contributed by atoms with van der Waals surface area (Å²) in [6.07, 6.45) is 6.13. The molecule has 55 heavy (non-hydrogen) atoms. The van der Waals surface area contributed by atoms with Crippen molar-refractivity contribution in [3.63, 3.8) is 0 Å². The summed E-state index contributed by atoms with van der Waals surface area (Å²) in [7, 11) is 9.79. The molecule has 9 nitrogen and oxygen atoms in total. The van der Waals surface area contributed by atoms with Gasteiger partial charge in [0.1, 0.15) is 0 Å². The van der Waals surface area contributed by atoms with Crippen LogP contribution < -0.4 is 33.3 Å². The minimum absolute atomic E-state index is 0. The van der Waals surface area contributed by atoms with Gasteiger partial charge < -0.3 is 33.3 Å². The molecule has 0 N–H and O–H groups in total. The van der Waals surface area contributed by atoms with Crippen molar-refractivity contribution >= 4 is 42.3 Å². The molecule has 6 rings (SSSR count). The number of benzene rings is 4. The third-order valence-electron chi connectivity index (χ3n) is 9.85. The van der Waals surface area contributed by atoms with Crippen molar-refractivity contribution < 1.29 is 28.4 Å². The molecule has 1 saturated heterocycles. The minimum atomic E-state index is 0. The van der Waals surface area contributed by atoms with Crippen molar-refractivity contribution in [2.75, 3.05) is 66.9 Å². The van der Waals surface area contributed by atoms with E-state index in [1.165, 1.54) is 21.7 Å². The monoisotopic (exact) mass is 807 g/mol. The second kappa shape index (κ2) is 20.4. The highest BCUT2D eigenvalue weighted by Crippen LogP contribution is 2.42. The Bertz CT molecular complexity index is 1960. The van der Waals surface area contributed by atoms with Crippen LogP contribution in [0, 0.1) is 0 Å².